The summed E-state index contributed by atoms with van der Waals surface area (Å²) in [6, 6.07) is 9.59. The molecule has 2 aromatic heterocycles. The van der Waals surface area contributed by atoms with Crippen LogP contribution in [0.4, 0.5) is 4.39 Å². The van der Waals surface area contributed by atoms with E-state index in [-0.39, 0.29) is 30.0 Å². The zero-order valence-corrected chi connectivity index (χ0v) is 12.6. The lowest BCUT2D eigenvalue weighted by atomic mass is 10.3. The summed E-state index contributed by atoms with van der Waals surface area (Å²) in [5, 5.41) is 7.54. The summed E-state index contributed by atoms with van der Waals surface area (Å²) in [5.74, 6) is -0.0889. The van der Waals surface area contributed by atoms with Crippen molar-refractivity contribution in [2.75, 3.05) is 5.75 Å². The summed E-state index contributed by atoms with van der Waals surface area (Å²) in [4.78, 5) is 12.1. The van der Waals surface area contributed by atoms with E-state index in [0.717, 1.165) is 11.8 Å². The molecule has 1 aromatic carbocycles. The van der Waals surface area contributed by atoms with Gasteiger partial charge in [-0.15, -0.1) is 22.0 Å². The maximum Gasteiger partial charge on any atom is 0.316 e. The number of benzene rings is 1. The van der Waals surface area contributed by atoms with Crippen molar-refractivity contribution in [3.8, 4) is 11.7 Å². The molecule has 0 radical (unpaired) electrons. The van der Waals surface area contributed by atoms with E-state index in [1.807, 2.05) is 0 Å². The molecule has 0 bridgehead atoms. The Labute approximate surface area is 134 Å². The average molecular weight is 334 g/mol. The first-order chi connectivity index (χ1) is 11.2. The van der Waals surface area contributed by atoms with Gasteiger partial charge in [0.1, 0.15) is 5.82 Å². The minimum Gasteiger partial charge on any atom is -0.459 e. The van der Waals surface area contributed by atoms with Crippen LogP contribution in [0.5, 0.6) is 0 Å². The van der Waals surface area contributed by atoms with Gasteiger partial charge in [0.25, 0.3) is 11.8 Å². The highest BCUT2D eigenvalue weighted by atomic mass is 32.2. The van der Waals surface area contributed by atoms with Crippen LogP contribution >= 0.6 is 11.8 Å². The third-order valence-corrected chi connectivity index (χ3v) is 3.76. The predicted octanol–water partition coefficient (Wildman–Crippen LogP) is 3.30. The average Bonchev–Trinajstić information content (AvgIpc) is 3.23. The predicted molar refractivity (Wildman–Crippen MR) is 78.9 cm³/mol. The fourth-order valence-electron chi connectivity index (χ4n) is 1.69. The van der Waals surface area contributed by atoms with Crippen LogP contribution < -0.4 is 0 Å². The summed E-state index contributed by atoms with van der Waals surface area (Å²) < 4.78 is 28.8. The first-order valence-corrected chi connectivity index (χ1v) is 7.60. The zero-order chi connectivity index (χ0) is 16.1. The van der Waals surface area contributed by atoms with Crippen LogP contribution in [-0.2, 0) is 16.1 Å². The van der Waals surface area contributed by atoms with Gasteiger partial charge in [-0.1, -0.05) is 12.1 Å². The molecule has 0 unspecified atom stereocenters. The van der Waals surface area contributed by atoms with Gasteiger partial charge >= 0.3 is 5.97 Å². The fourth-order valence-corrected chi connectivity index (χ4v) is 2.43. The van der Waals surface area contributed by atoms with E-state index < -0.39 is 5.97 Å². The second-order valence-corrected chi connectivity index (χ2v) is 5.38. The molecule has 6 nitrogen and oxygen atoms in total. The highest BCUT2D eigenvalue weighted by molar-refractivity contribution is 8.00. The van der Waals surface area contributed by atoms with E-state index >= 15 is 0 Å². The summed E-state index contributed by atoms with van der Waals surface area (Å²) in [5.41, 5.74) is 0. The number of furan rings is 1. The lowest BCUT2D eigenvalue weighted by Gasteiger charge is -2.03. The number of carbonyl (C=O) groups is 1. The number of nitrogens with zero attached hydrogens (tertiary/aromatic N) is 2. The number of esters is 1. The first kappa shape index (κ1) is 15.3. The van der Waals surface area contributed by atoms with Gasteiger partial charge in [0, 0.05) is 4.90 Å². The van der Waals surface area contributed by atoms with Crippen molar-refractivity contribution >= 4 is 17.7 Å². The lowest BCUT2D eigenvalue weighted by Crippen LogP contribution is -2.07. The van der Waals surface area contributed by atoms with Crippen molar-refractivity contribution in [2.24, 2.45) is 0 Å². The topological polar surface area (TPSA) is 78.4 Å². The summed E-state index contributed by atoms with van der Waals surface area (Å²) in [6.07, 6.45) is 1.49. The monoisotopic (exact) mass is 334 g/mol. The second-order valence-electron chi connectivity index (χ2n) is 4.36. The van der Waals surface area contributed by atoms with Crippen molar-refractivity contribution in [3.63, 3.8) is 0 Å². The number of aromatic nitrogens is 2. The van der Waals surface area contributed by atoms with Gasteiger partial charge < -0.3 is 13.6 Å². The molecule has 0 aliphatic heterocycles. The third kappa shape index (κ3) is 3.98. The number of thioether (sulfide) groups is 1. The standard InChI is InChI=1S/C15H11FN2O4S/c16-10-4-1-2-6-12(10)23-9-14(19)21-8-13-17-18-15(22-13)11-5-3-7-20-11/h1-7H,8-9H2. The van der Waals surface area contributed by atoms with Gasteiger partial charge in [0.2, 0.25) is 0 Å². The molecule has 0 spiro atoms. The molecule has 0 saturated heterocycles. The minimum atomic E-state index is -0.504. The van der Waals surface area contributed by atoms with Crippen LogP contribution in [0.2, 0.25) is 0 Å². The summed E-state index contributed by atoms with van der Waals surface area (Å²) in [7, 11) is 0. The van der Waals surface area contributed by atoms with Crippen LogP contribution in [0.1, 0.15) is 5.89 Å². The third-order valence-electron chi connectivity index (χ3n) is 2.74. The fraction of sp³-hybridized carbons (Fsp3) is 0.133. The Morgan fingerprint density at radius 1 is 1.22 bits per heavy atom. The second kappa shape index (κ2) is 7.10. The number of hydrogen-bond acceptors (Lipinski definition) is 7. The maximum absolute atomic E-state index is 13.4. The van der Waals surface area contributed by atoms with E-state index in [4.69, 9.17) is 13.6 Å². The molecule has 0 aliphatic rings. The first-order valence-electron chi connectivity index (χ1n) is 6.61. The van der Waals surface area contributed by atoms with Crippen LogP contribution in [0.3, 0.4) is 0 Å². The number of hydrogen-bond donors (Lipinski definition) is 0. The van der Waals surface area contributed by atoms with Gasteiger partial charge in [0.05, 0.1) is 12.0 Å². The largest absolute Gasteiger partial charge is 0.459 e. The van der Waals surface area contributed by atoms with Crippen molar-refractivity contribution in [1.82, 2.24) is 10.2 Å². The normalized spacial score (nSPS) is 10.7. The Morgan fingerprint density at radius 3 is 2.87 bits per heavy atom. The molecule has 0 amide bonds. The number of rotatable bonds is 6. The van der Waals surface area contributed by atoms with E-state index in [1.165, 1.54) is 12.3 Å². The zero-order valence-electron chi connectivity index (χ0n) is 11.8. The molecule has 3 rings (SSSR count). The van der Waals surface area contributed by atoms with Crippen molar-refractivity contribution in [1.29, 1.82) is 0 Å². The minimum absolute atomic E-state index is 0.0138. The molecule has 2 heterocycles. The molecule has 0 N–H and O–H groups in total. The molecule has 23 heavy (non-hydrogen) atoms. The highest BCUT2D eigenvalue weighted by Gasteiger charge is 2.13. The van der Waals surface area contributed by atoms with E-state index in [2.05, 4.69) is 10.2 Å². The van der Waals surface area contributed by atoms with Crippen LogP contribution in [0, 0.1) is 5.82 Å². The Bertz CT molecular complexity index is 788. The lowest BCUT2D eigenvalue weighted by molar-refractivity contribution is -0.142. The molecular weight excluding hydrogens is 323 g/mol. The number of carbonyl (C=O) groups excluding carboxylic acids is 1. The van der Waals surface area contributed by atoms with Gasteiger partial charge in [-0.25, -0.2) is 4.39 Å². The smallest absolute Gasteiger partial charge is 0.316 e. The van der Waals surface area contributed by atoms with Crippen molar-refractivity contribution in [2.45, 2.75) is 11.5 Å². The summed E-state index contributed by atoms with van der Waals surface area (Å²) >= 11 is 1.06. The molecule has 0 fully saturated rings. The van der Waals surface area contributed by atoms with E-state index in [1.54, 1.807) is 30.3 Å². The number of ether oxygens (including phenoxy) is 1. The Morgan fingerprint density at radius 2 is 2.09 bits per heavy atom. The summed E-state index contributed by atoms with van der Waals surface area (Å²) in [6.45, 7) is -0.148. The SMILES string of the molecule is O=C(CSc1ccccc1F)OCc1nnc(-c2ccco2)o1. The van der Waals surface area contributed by atoms with E-state index in [9.17, 15) is 9.18 Å². The van der Waals surface area contributed by atoms with Crippen LogP contribution in [-0.4, -0.2) is 21.9 Å². The van der Waals surface area contributed by atoms with Gasteiger partial charge in [0.15, 0.2) is 12.4 Å². The molecule has 0 atom stereocenters. The number of halogens is 1. The van der Waals surface area contributed by atoms with Crippen molar-refractivity contribution in [3.05, 3.63) is 54.4 Å². The van der Waals surface area contributed by atoms with Crippen LogP contribution in [0.15, 0.2) is 56.4 Å². The van der Waals surface area contributed by atoms with Gasteiger partial charge in [-0.2, -0.15) is 0 Å². The molecule has 3 aromatic rings. The molecule has 0 saturated carbocycles. The molecule has 0 aliphatic carbocycles. The molecule has 118 valence electrons. The van der Waals surface area contributed by atoms with Gasteiger partial charge in [-0.05, 0) is 24.3 Å². The quantitative estimate of drug-likeness (QED) is 0.505. The Hall–Kier alpha value is -2.61. The Kier molecular flexibility index (Phi) is 4.72. The highest BCUT2D eigenvalue weighted by Crippen LogP contribution is 2.21. The molecule has 8 heteroatoms. The Balaban J connectivity index is 1.49. The van der Waals surface area contributed by atoms with Crippen molar-refractivity contribution < 1.29 is 22.8 Å². The molecular formula is C15H11FN2O4S. The van der Waals surface area contributed by atoms with E-state index in [0.29, 0.717) is 10.7 Å². The van der Waals surface area contributed by atoms with Gasteiger partial charge in [-0.3, -0.25) is 4.79 Å². The maximum atomic E-state index is 13.4. The van der Waals surface area contributed by atoms with Crippen LogP contribution in [0.25, 0.3) is 11.7 Å².